The third-order valence-corrected chi connectivity index (χ3v) is 9.26. The van der Waals surface area contributed by atoms with Crippen molar-refractivity contribution in [1.82, 2.24) is 4.48 Å². The van der Waals surface area contributed by atoms with Crippen LogP contribution in [-0.2, 0) is 9.53 Å². The third kappa shape index (κ3) is 10.6. The second kappa shape index (κ2) is 18.9. The van der Waals surface area contributed by atoms with E-state index in [-0.39, 0.29) is 5.97 Å². The summed E-state index contributed by atoms with van der Waals surface area (Å²) in [5, 5.41) is 0. The van der Waals surface area contributed by atoms with Gasteiger partial charge >= 0.3 is 13.4 Å². The maximum absolute atomic E-state index is 15.3. The predicted octanol–water partition coefficient (Wildman–Crippen LogP) is 10.2. The van der Waals surface area contributed by atoms with E-state index in [4.69, 9.17) is 9.73 Å². The van der Waals surface area contributed by atoms with Crippen molar-refractivity contribution in [2.75, 3.05) is 44.6 Å². The molecular formula is C46H49BF2N4O2. The standard InChI is InChI=1S/C46H49BF2N4O2/c1-8-55-43(54)14-12-10-9-11-13-35-15-23-38(24-16-35)44(45-33(2)31-39(50-45)25-17-36-18-26-40(27-19-36)51(4)5)46-34(3)32-42(53(46)47(48)49)30-22-37-20-28-41(29-21-37)52(6)7/h15-32H,8-10,12,14H2,1-7H3/b25-17+,30-22+,45-44-. The van der Waals surface area contributed by atoms with Crippen molar-refractivity contribution in [2.24, 2.45) is 4.99 Å². The van der Waals surface area contributed by atoms with Gasteiger partial charge in [-0.05, 0) is 122 Å². The number of aromatic nitrogens is 1. The van der Waals surface area contributed by atoms with Gasteiger partial charge in [0.25, 0.3) is 0 Å². The molecule has 1 aliphatic rings. The lowest BCUT2D eigenvalue weighted by Crippen LogP contribution is -2.18. The van der Waals surface area contributed by atoms with E-state index in [0.717, 1.165) is 62.2 Å². The zero-order valence-electron chi connectivity index (χ0n) is 32.9. The molecule has 0 radical (unpaired) electrons. The van der Waals surface area contributed by atoms with Gasteiger partial charge in [0.2, 0.25) is 0 Å². The number of unbranched alkanes of at least 4 members (excludes halogenated alkanes) is 2. The first-order chi connectivity index (χ1) is 26.4. The Labute approximate surface area is 325 Å². The minimum absolute atomic E-state index is 0.183. The molecule has 2 heterocycles. The maximum Gasteiger partial charge on any atom is 0.678 e. The predicted molar refractivity (Wildman–Crippen MR) is 228 cm³/mol. The van der Waals surface area contributed by atoms with Crippen LogP contribution < -0.4 is 9.80 Å². The van der Waals surface area contributed by atoms with Crippen LogP contribution >= 0.6 is 0 Å². The van der Waals surface area contributed by atoms with Gasteiger partial charge in [0.05, 0.1) is 18.0 Å². The smallest absolute Gasteiger partial charge is 0.466 e. The number of anilines is 2. The fraction of sp³-hybridized carbons (Fsp3) is 0.261. The molecule has 55 heavy (non-hydrogen) atoms. The Kier molecular flexibility index (Phi) is 13.9. The summed E-state index contributed by atoms with van der Waals surface area (Å²) in [6, 6.07) is 25.7. The van der Waals surface area contributed by atoms with Gasteiger partial charge in [-0.15, -0.1) is 0 Å². The molecule has 9 heteroatoms. The van der Waals surface area contributed by atoms with Gasteiger partial charge in [-0.25, -0.2) is 4.99 Å². The average molecular weight is 739 g/mol. The van der Waals surface area contributed by atoms with Gasteiger partial charge in [0.1, 0.15) is 0 Å². The number of hydrogen-bond acceptors (Lipinski definition) is 5. The number of esters is 1. The summed E-state index contributed by atoms with van der Waals surface area (Å²) in [6.07, 6.45) is 12.1. The Morgan fingerprint density at radius 1 is 0.836 bits per heavy atom. The highest BCUT2D eigenvalue weighted by molar-refractivity contribution is 6.42. The number of carbonyl (C=O) groups excluding carboxylic acids is 1. The molecule has 0 unspecified atom stereocenters. The molecule has 0 aliphatic carbocycles. The SMILES string of the molecule is CCOC(=O)CCCCC#Cc1ccc(/C(=C2N=C(/C=C/c3ccc(N(C)C)cc3)C=C/2C)c2c(C)cc(/C=C/c3ccc(N(C)C)cc3)n2B(F)F)cc1. The van der Waals surface area contributed by atoms with Gasteiger partial charge < -0.3 is 19.0 Å². The highest BCUT2D eigenvalue weighted by Crippen LogP contribution is 2.38. The Bertz CT molecular complexity index is 2180. The van der Waals surface area contributed by atoms with E-state index in [9.17, 15) is 4.79 Å². The van der Waals surface area contributed by atoms with Crippen molar-refractivity contribution in [2.45, 2.75) is 46.5 Å². The highest BCUT2D eigenvalue weighted by atomic mass is 19.2. The molecule has 6 nitrogen and oxygen atoms in total. The number of ether oxygens (including phenoxy) is 1. The van der Waals surface area contributed by atoms with Crippen LogP contribution in [0.2, 0.25) is 0 Å². The van der Waals surface area contributed by atoms with Crippen LogP contribution in [0.5, 0.6) is 0 Å². The molecule has 5 rings (SSSR count). The quantitative estimate of drug-likeness (QED) is 0.0560. The zero-order valence-corrected chi connectivity index (χ0v) is 32.9. The summed E-state index contributed by atoms with van der Waals surface area (Å²) in [5.74, 6) is 6.22. The van der Waals surface area contributed by atoms with Gasteiger partial charge in [-0.1, -0.05) is 60.4 Å². The first-order valence-electron chi connectivity index (χ1n) is 18.6. The second-order valence-electron chi connectivity index (χ2n) is 13.9. The highest BCUT2D eigenvalue weighted by Gasteiger charge is 2.30. The summed E-state index contributed by atoms with van der Waals surface area (Å²) in [5.41, 5.74) is 10.1. The van der Waals surface area contributed by atoms with E-state index in [1.54, 1.807) is 13.0 Å². The van der Waals surface area contributed by atoms with Crippen LogP contribution in [0.25, 0.3) is 23.8 Å². The molecule has 3 aromatic carbocycles. The summed E-state index contributed by atoms with van der Waals surface area (Å²) in [4.78, 5) is 20.7. The number of benzene rings is 3. The zero-order chi connectivity index (χ0) is 39.5. The molecule has 0 atom stereocenters. The molecule has 1 aromatic heterocycles. The lowest BCUT2D eigenvalue weighted by atomic mass is 9.94. The Morgan fingerprint density at radius 3 is 2.00 bits per heavy atom. The van der Waals surface area contributed by atoms with Crippen LogP contribution in [0, 0.1) is 18.8 Å². The number of halogens is 2. The largest absolute Gasteiger partial charge is 0.678 e. The topological polar surface area (TPSA) is 50.1 Å². The number of nitrogens with zero attached hydrogens (tertiary/aromatic N) is 4. The molecule has 0 saturated heterocycles. The number of allylic oxidation sites excluding steroid dienone is 3. The fourth-order valence-electron chi connectivity index (χ4n) is 6.33. The van der Waals surface area contributed by atoms with Crippen LogP contribution in [-0.4, -0.2) is 58.4 Å². The molecule has 282 valence electrons. The molecule has 0 bridgehead atoms. The van der Waals surface area contributed by atoms with Crippen molar-refractivity contribution in [3.63, 3.8) is 0 Å². The molecule has 4 aromatic rings. The van der Waals surface area contributed by atoms with Crippen LogP contribution in [0.1, 0.15) is 78.7 Å². The van der Waals surface area contributed by atoms with Crippen molar-refractivity contribution in [3.8, 4) is 11.8 Å². The van der Waals surface area contributed by atoms with Crippen molar-refractivity contribution >= 4 is 54.3 Å². The third-order valence-electron chi connectivity index (χ3n) is 9.26. The van der Waals surface area contributed by atoms with Crippen molar-refractivity contribution in [3.05, 3.63) is 141 Å². The summed E-state index contributed by atoms with van der Waals surface area (Å²) < 4.78 is 36.6. The van der Waals surface area contributed by atoms with Gasteiger partial charge in [0, 0.05) is 74.9 Å². The minimum atomic E-state index is -2.80. The van der Waals surface area contributed by atoms with E-state index in [1.807, 2.05) is 126 Å². The average Bonchev–Trinajstić information content (AvgIpc) is 3.70. The van der Waals surface area contributed by atoms with E-state index in [2.05, 4.69) is 41.0 Å². The van der Waals surface area contributed by atoms with Gasteiger partial charge in [-0.3, -0.25) is 13.4 Å². The summed E-state index contributed by atoms with van der Waals surface area (Å²) >= 11 is 0. The first-order valence-corrected chi connectivity index (χ1v) is 18.6. The Hall–Kier alpha value is -5.88. The number of rotatable bonds is 14. The molecule has 0 fully saturated rings. The van der Waals surface area contributed by atoms with Crippen LogP contribution in [0.15, 0.2) is 107 Å². The summed E-state index contributed by atoms with van der Waals surface area (Å²) in [6.45, 7) is 6.03. The fourth-order valence-corrected chi connectivity index (χ4v) is 6.33. The number of aryl methyl sites for hydroxylation is 1. The molecular weight excluding hydrogens is 689 g/mol. The normalized spacial score (nSPS) is 13.4. The van der Waals surface area contributed by atoms with Gasteiger partial charge in [-0.2, -0.15) is 0 Å². The molecule has 0 amide bonds. The maximum atomic E-state index is 15.3. The molecule has 0 N–H and O–H groups in total. The van der Waals surface area contributed by atoms with Gasteiger partial charge in [0.15, 0.2) is 0 Å². The number of hydrogen-bond donors (Lipinski definition) is 0. The molecule has 0 saturated carbocycles. The second-order valence-corrected chi connectivity index (χ2v) is 13.9. The Morgan fingerprint density at radius 2 is 1.44 bits per heavy atom. The van der Waals surface area contributed by atoms with E-state index >= 15 is 8.63 Å². The lowest BCUT2D eigenvalue weighted by molar-refractivity contribution is -0.143. The van der Waals surface area contributed by atoms with Crippen LogP contribution in [0.4, 0.5) is 20.0 Å². The lowest BCUT2D eigenvalue weighted by Gasteiger charge is -2.17. The van der Waals surface area contributed by atoms with E-state index in [1.165, 1.54) is 0 Å². The van der Waals surface area contributed by atoms with Crippen molar-refractivity contribution < 1.29 is 18.2 Å². The first kappa shape index (κ1) is 40.3. The Balaban J connectivity index is 1.53. The number of carbonyl (C=O) groups is 1. The number of aliphatic imine (C=N–C) groups is 1. The van der Waals surface area contributed by atoms with E-state index < -0.39 is 7.40 Å². The molecule has 0 spiro atoms. The summed E-state index contributed by atoms with van der Waals surface area (Å²) in [7, 11) is 5.16. The van der Waals surface area contributed by atoms with Crippen molar-refractivity contribution in [1.29, 1.82) is 0 Å². The van der Waals surface area contributed by atoms with E-state index in [0.29, 0.717) is 47.7 Å². The van der Waals surface area contributed by atoms with Crippen LogP contribution in [0.3, 0.4) is 0 Å². The molecule has 1 aliphatic heterocycles. The monoisotopic (exact) mass is 738 g/mol. The minimum Gasteiger partial charge on any atom is -0.466 e.